The van der Waals surface area contributed by atoms with Crippen molar-refractivity contribution in [3.05, 3.63) is 0 Å². The fourth-order valence-electron chi connectivity index (χ4n) is 1.91. The number of nitrogens with one attached hydrogen (secondary N) is 1. The Bertz CT molecular complexity index is 218. The van der Waals surface area contributed by atoms with E-state index in [0.717, 1.165) is 0 Å². The Morgan fingerprint density at radius 1 is 1.40 bits per heavy atom. The van der Waals surface area contributed by atoms with Gasteiger partial charge in [-0.05, 0) is 24.7 Å². The van der Waals surface area contributed by atoms with E-state index in [0.29, 0.717) is 18.3 Å². The summed E-state index contributed by atoms with van der Waals surface area (Å²) in [6.07, 6.45) is 8.88. The Morgan fingerprint density at radius 3 is 2.67 bits per heavy atom. The number of carbonyl (C=O) groups excluding carboxylic acids is 1. The summed E-state index contributed by atoms with van der Waals surface area (Å²) in [5, 5.41) is 4.02. The molecule has 3 heteroatoms. The van der Waals surface area contributed by atoms with Crippen molar-refractivity contribution in [3.63, 3.8) is 0 Å². The number of amides is 1. The van der Waals surface area contributed by atoms with Crippen LogP contribution in [0.4, 0.5) is 0 Å². The van der Waals surface area contributed by atoms with Crippen LogP contribution in [0.2, 0.25) is 0 Å². The zero-order valence-corrected chi connectivity index (χ0v) is 9.83. The third-order valence-corrected chi connectivity index (χ3v) is 2.72. The predicted molar refractivity (Wildman–Crippen MR) is 62.7 cm³/mol. The lowest BCUT2D eigenvalue weighted by Gasteiger charge is -2.16. The second kappa shape index (κ2) is 6.59. The van der Waals surface area contributed by atoms with Gasteiger partial charge < -0.3 is 0 Å². The van der Waals surface area contributed by atoms with Gasteiger partial charge in [0.25, 0.3) is 0 Å². The summed E-state index contributed by atoms with van der Waals surface area (Å²) in [5.41, 5.74) is 2.59. The summed E-state index contributed by atoms with van der Waals surface area (Å²) in [5.74, 6) is 1.00. The van der Waals surface area contributed by atoms with Gasteiger partial charge in [0.15, 0.2) is 0 Å². The average Bonchev–Trinajstić information content (AvgIpc) is 2.18. The van der Waals surface area contributed by atoms with E-state index in [4.69, 9.17) is 0 Å². The quantitative estimate of drug-likeness (QED) is 0.562. The Morgan fingerprint density at radius 2 is 2.07 bits per heavy atom. The van der Waals surface area contributed by atoms with Crippen LogP contribution in [0, 0.1) is 11.8 Å². The zero-order valence-electron chi connectivity index (χ0n) is 9.83. The molecule has 1 rings (SSSR count). The first-order valence-corrected chi connectivity index (χ1v) is 6.00. The predicted octanol–water partition coefficient (Wildman–Crippen LogP) is 2.71. The van der Waals surface area contributed by atoms with Gasteiger partial charge in [-0.1, -0.05) is 33.1 Å². The lowest BCUT2D eigenvalue weighted by molar-refractivity contribution is -0.121. The van der Waals surface area contributed by atoms with Crippen molar-refractivity contribution in [2.45, 2.75) is 52.4 Å². The first kappa shape index (κ1) is 12.2. The molecule has 3 nitrogen and oxygen atoms in total. The van der Waals surface area contributed by atoms with Gasteiger partial charge in [-0.3, -0.25) is 4.79 Å². The van der Waals surface area contributed by atoms with Gasteiger partial charge in [0.2, 0.25) is 5.91 Å². The van der Waals surface area contributed by atoms with Crippen molar-refractivity contribution in [1.82, 2.24) is 5.43 Å². The lowest BCUT2D eigenvalue weighted by atomic mass is 9.90. The first-order valence-electron chi connectivity index (χ1n) is 6.00. The Balaban J connectivity index is 2.17. The number of rotatable bonds is 4. The Hall–Kier alpha value is -0.860. The molecule has 1 N–H and O–H groups in total. The molecular weight excluding hydrogens is 188 g/mol. The molecule has 1 aliphatic rings. The fraction of sp³-hybridized carbons (Fsp3) is 0.833. The smallest absolute Gasteiger partial charge is 0.240 e. The molecule has 0 bridgehead atoms. The highest BCUT2D eigenvalue weighted by Crippen LogP contribution is 2.21. The van der Waals surface area contributed by atoms with E-state index in [1.54, 1.807) is 0 Å². The zero-order chi connectivity index (χ0) is 11.1. The summed E-state index contributed by atoms with van der Waals surface area (Å²) in [4.78, 5) is 11.3. The van der Waals surface area contributed by atoms with Gasteiger partial charge in [0.05, 0.1) is 0 Å². The molecule has 0 aromatic heterocycles. The van der Waals surface area contributed by atoms with Gasteiger partial charge in [-0.2, -0.15) is 5.10 Å². The van der Waals surface area contributed by atoms with Gasteiger partial charge >= 0.3 is 0 Å². The van der Waals surface area contributed by atoms with Gasteiger partial charge in [0.1, 0.15) is 0 Å². The van der Waals surface area contributed by atoms with Crippen LogP contribution >= 0.6 is 0 Å². The molecule has 0 spiro atoms. The Kier molecular flexibility index (Phi) is 5.37. The SMILES string of the molecule is CC(C)CC(=O)N/N=C/C1CCCCC1. The molecule has 0 saturated heterocycles. The summed E-state index contributed by atoms with van der Waals surface area (Å²) in [6, 6.07) is 0. The largest absolute Gasteiger partial charge is 0.273 e. The molecule has 1 amide bonds. The highest BCUT2D eigenvalue weighted by Gasteiger charge is 2.10. The minimum absolute atomic E-state index is 0.0251. The number of hydrazone groups is 1. The van der Waals surface area contributed by atoms with Crippen LogP contribution in [-0.2, 0) is 4.79 Å². The molecule has 0 aromatic rings. The Labute approximate surface area is 92.3 Å². The van der Waals surface area contributed by atoms with Crippen LogP contribution in [0.25, 0.3) is 0 Å². The third-order valence-electron chi connectivity index (χ3n) is 2.72. The number of nitrogens with zero attached hydrogens (tertiary/aromatic N) is 1. The van der Waals surface area contributed by atoms with Gasteiger partial charge in [0, 0.05) is 12.6 Å². The highest BCUT2D eigenvalue weighted by molar-refractivity contribution is 5.77. The molecule has 0 aliphatic heterocycles. The van der Waals surface area contributed by atoms with Crippen molar-refractivity contribution in [3.8, 4) is 0 Å². The van der Waals surface area contributed by atoms with E-state index in [1.165, 1.54) is 32.1 Å². The average molecular weight is 210 g/mol. The van der Waals surface area contributed by atoms with E-state index in [1.807, 2.05) is 20.1 Å². The van der Waals surface area contributed by atoms with Crippen LogP contribution in [0.5, 0.6) is 0 Å². The summed E-state index contributed by atoms with van der Waals surface area (Å²) in [7, 11) is 0. The maximum absolute atomic E-state index is 11.3. The molecule has 0 heterocycles. The first-order chi connectivity index (χ1) is 7.18. The standard InChI is InChI=1S/C12H22N2O/c1-10(2)8-12(15)14-13-9-11-6-4-3-5-7-11/h9-11H,3-8H2,1-2H3,(H,14,15)/b13-9+. The molecule has 15 heavy (non-hydrogen) atoms. The normalized spacial score (nSPS) is 18.6. The van der Waals surface area contributed by atoms with Crippen molar-refractivity contribution >= 4 is 12.1 Å². The molecule has 86 valence electrons. The minimum Gasteiger partial charge on any atom is -0.273 e. The second-order valence-electron chi connectivity index (χ2n) is 4.81. The number of carbonyl (C=O) groups is 1. The van der Waals surface area contributed by atoms with Crippen molar-refractivity contribution in [2.75, 3.05) is 0 Å². The maximum atomic E-state index is 11.3. The lowest BCUT2D eigenvalue weighted by Crippen LogP contribution is -2.20. The van der Waals surface area contributed by atoms with Gasteiger partial charge in [-0.15, -0.1) is 0 Å². The van der Waals surface area contributed by atoms with E-state index < -0.39 is 0 Å². The van der Waals surface area contributed by atoms with Crippen molar-refractivity contribution < 1.29 is 4.79 Å². The summed E-state index contributed by atoms with van der Waals surface area (Å²) >= 11 is 0. The van der Waals surface area contributed by atoms with E-state index in [9.17, 15) is 4.79 Å². The highest BCUT2D eigenvalue weighted by atomic mass is 16.2. The van der Waals surface area contributed by atoms with Crippen LogP contribution in [0.15, 0.2) is 5.10 Å². The molecular formula is C12H22N2O. The van der Waals surface area contributed by atoms with Crippen LogP contribution in [0.3, 0.4) is 0 Å². The fourth-order valence-corrected chi connectivity index (χ4v) is 1.91. The molecule has 0 unspecified atom stereocenters. The maximum Gasteiger partial charge on any atom is 0.240 e. The van der Waals surface area contributed by atoms with Crippen LogP contribution in [-0.4, -0.2) is 12.1 Å². The molecule has 1 fully saturated rings. The topological polar surface area (TPSA) is 41.5 Å². The van der Waals surface area contributed by atoms with Crippen LogP contribution < -0.4 is 5.43 Å². The molecule has 0 radical (unpaired) electrons. The molecule has 1 aliphatic carbocycles. The van der Waals surface area contributed by atoms with Crippen molar-refractivity contribution in [2.24, 2.45) is 16.9 Å². The number of hydrogen-bond donors (Lipinski definition) is 1. The van der Waals surface area contributed by atoms with Crippen molar-refractivity contribution in [1.29, 1.82) is 0 Å². The summed E-state index contributed by atoms with van der Waals surface area (Å²) < 4.78 is 0. The van der Waals surface area contributed by atoms with E-state index >= 15 is 0 Å². The summed E-state index contributed by atoms with van der Waals surface area (Å²) in [6.45, 7) is 4.06. The second-order valence-corrected chi connectivity index (χ2v) is 4.81. The molecule has 0 atom stereocenters. The van der Waals surface area contributed by atoms with E-state index in [-0.39, 0.29) is 5.91 Å². The number of hydrogen-bond acceptors (Lipinski definition) is 2. The molecule has 0 aromatic carbocycles. The third kappa shape index (κ3) is 5.55. The molecule has 1 saturated carbocycles. The van der Waals surface area contributed by atoms with E-state index in [2.05, 4.69) is 10.5 Å². The van der Waals surface area contributed by atoms with Crippen LogP contribution in [0.1, 0.15) is 52.4 Å². The monoisotopic (exact) mass is 210 g/mol. The minimum atomic E-state index is 0.0251. The van der Waals surface area contributed by atoms with Gasteiger partial charge in [-0.25, -0.2) is 5.43 Å².